The second-order valence-corrected chi connectivity index (χ2v) is 3.94. The van der Waals surface area contributed by atoms with Gasteiger partial charge in [0.15, 0.2) is 5.67 Å². The molecule has 2 atom stereocenters. The van der Waals surface area contributed by atoms with Crippen molar-refractivity contribution in [1.29, 1.82) is 0 Å². The van der Waals surface area contributed by atoms with Crippen LogP contribution in [0.2, 0.25) is 0 Å². The van der Waals surface area contributed by atoms with Gasteiger partial charge < -0.3 is 10.1 Å². The zero-order valence-electron chi connectivity index (χ0n) is 8.89. The molecule has 1 rings (SSSR count). The number of esters is 1. The van der Waals surface area contributed by atoms with Crippen LogP contribution in [0.25, 0.3) is 0 Å². The van der Waals surface area contributed by atoms with E-state index in [1.807, 2.05) is 6.92 Å². The van der Waals surface area contributed by atoms with E-state index >= 15 is 0 Å². The molecule has 0 aromatic carbocycles. The first-order chi connectivity index (χ1) is 7.11. The van der Waals surface area contributed by atoms with Gasteiger partial charge in [-0.1, -0.05) is 13.3 Å². The van der Waals surface area contributed by atoms with Gasteiger partial charge in [0.25, 0.3) is 0 Å². The van der Waals surface area contributed by atoms with Crippen molar-refractivity contribution in [2.75, 3.05) is 19.8 Å². The Kier molecular flexibility index (Phi) is 4.45. The molecule has 3 nitrogen and oxygen atoms in total. The maximum atomic E-state index is 13.4. The molecule has 0 saturated carbocycles. The van der Waals surface area contributed by atoms with E-state index in [0.29, 0.717) is 6.61 Å². The standard InChI is InChI=1S/C10H17F2NO2/c1-2-3-4-15-9(14)8-5-10(12,6-11)7-13-8/h8,13H,2-7H2,1H3/t8-,10-/m0/s1. The Morgan fingerprint density at radius 3 is 2.93 bits per heavy atom. The van der Waals surface area contributed by atoms with E-state index in [4.69, 9.17) is 4.74 Å². The highest BCUT2D eigenvalue weighted by molar-refractivity contribution is 5.76. The smallest absolute Gasteiger partial charge is 0.323 e. The highest BCUT2D eigenvalue weighted by atomic mass is 19.2. The molecule has 0 aromatic heterocycles. The number of hydrogen-bond acceptors (Lipinski definition) is 3. The van der Waals surface area contributed by atoms with Crippen molar-refractivity contribution in [1.82, 2.24) is 5.32 Å². The summed E-state index contributed by atoms with van der Waals surface area (Å²) in [7, 11) is 0. The molecular weight excluding hydrogens is 204 g/mol. The van der Waals surface area contributed by atoms with E-state index < -0.39 is 24.4 Å². The predicted molar refractivity (Wildman–Crippen MR) is 52.1 cm³/mol. The summed E-state index contributed by atoms with van der Waals surface area (Å²) < 4.78 is 30.6. The van der Waals surface area contributed by atoms with Gasteiger partial charge in [-0.15, -0.1) is 0 Å². The number of alkyl halides is 2. The quantitative estimate of drug-likeness (QED) is 0.563. The summed E-state index contributed by atoms with van der Waals surface area (Å²) >= 11 is 0. The molecule has 0 amide bonds. The fraction of sp³-hybridized carbons (Fsp3) is 0.900. The molecule has 1 saturated heterocycles. The number of rotatable bonds is 5. The minimum Gasteiger partial charge on any atom is -0.465 e. The van der Waals surface area contributed by atoms with Gasteiger partial charge in [-0.05, 0) is 6.42 Å². The molecule has 15 heavy (non-hydrogen) atoms. The maximum Gasteiger partial charge on any atom is 0.323 e. The van der Waals surface area contributed by atoms with Crippen LogP contribution in [0.4, 0.5) is 8.78 Å². The molecule has 0 bridgehead atoms. The number of ether oxygens (including phenoxy) is 1. The summed E-state index contributed by atoms with van der Waals surface area (Å²) in [5.41, 5.74) is -1.89. The lowest BCUT2D eigenvalue weighted by Crippen LogP contribution is -2.32. The third kappa shape index (κ3) is 3.41. The number of carbonyl (C=O) groups excluding carboxylic acids is 1. The predicted octanol–water partition coefficient (Wildman–Crippen LogP) is 1.37. The summed E-state index contributed by atoms with van der Waals surface area (Å²) in [6, 6.07) is -0.692. The minimum atomic E-state index is -1.89. The highest BCUT2D eigenvalue weighted by Gasteiger charge is 2.42. The number of nitrogens with one attached hydrogen (secondary N) is 1. The van der Waals surface area contributed by atoms with E-state index in [2.05, 4.69) is 5.32 Å². The number of hydrogen-bond donors (Lipinski definition) is 1. The fourth-order valence-electron chi connectivity index (χ4n) is 1.50. The Hall–Kier alpha value is -0.710. The van der Waals surface area contributed by atoms with Crippen LogP contribution in [-0.4, -0.2) is 37.5 Å². The van der Waals surface area contributed by atoms with Crippen LogP contribution < -0.4 is 5.32 Å². The lowest BCUT2D eigenvalue weighted by Gasteiger charge is -2.13. The largest absolute Gasteiger partial charge is 0.465 e. The molecule has 0 radical (unpaired) electrons. The van der Waals surface area contributed by atoms with Crippen molar-refractivity contribution in [3.63, 3.8) is 0 Å². The molecular formula is C10H17F2NO2. The zero-order valence-corrected chi connectivity index (χ0v) is 8.89. The average Bonchev–Trinajstić information content (AvgIpc) is 2.62. The molecule has 1 aliphatic rings. The van der Waals surface area contributed by atoms with Gasteiger partial charge in [0, 0.05) is 13.0 Å². The normalized spacial score (nSPS) is 30.5. The maximum absolute atomic E-state index is 13.4. The Labute approximate surface area is 88.2 Å². The van der Waals surface area contributed by atoms with E-state index in [1.54, 1.807) is 0 Å². The number of carbonyl (C=O) groups is 1. The lowest BCUT2D eigenvalue weighted by molar-refractivity contribution is -0.146. The number of halogens is 2. The molecule has 0 spiro atoms. The highest BCUT2D eigenvalue weighted by Crippen LogP contribution is 2.24. The molecule has 0 unspecified atom stereocenters. The van der Waals surface area contributed by atoms with Gasteiger partial charge in [-0.3, -0.25) is 4.79 Å². The van der Waals surface area contributed by atoms with Gasteiger partial charge >= 0.3 is 5.97 Å². The van der Waals surface area contributed by atoms with Crippen LogP contribution in [0.3, 0.4) is 0 Å². The van der Waals surface area contributed by atoms with Crippen LogP contribution >= 0.6 is 0 Å². The Morgan fingerprint density at radius 2 is 2.40 bits per heavy atom. The minimum absolute atomic E-state index is 0.114. The van der Waals surface area contributed by atoms with E-state index in [1.165, 1.54) is 0 Å². The van der Waals surface area contributed by atoms with Crippen molar-refractivity contribution >= 4 is 5.97 Å². The van der Waals surface area contributed by atoms with Crippen molar-refractivity contribution in [2.24, 2.45) is 0 Å². The van der Waals surface area contributed by atoms with Crippen molar-refractivity contribution in [3.05, 3.63) is 0 Å². The lowest BCUT2D eigenvalue weighted by atomic mass is 10.0. The van der Waals surface area contributed by atoms with Gasteiger partial charge in [-0.2, -0.15) is 0 Å². The molecule has 1 aliphatic heterocycles. The third-order valence-corrected chi connectivity index (χ3v) is 2.50. The first-order valence-electron chi connectivity index (χ1n) is 5.26. The summed E-state index contributed by atoms with van der Waals surface area (Å²) in [6.07, 6.45) is 1.60. The second kappa shape index (κ2) is 5.39. The topological polar surface area (TPSA) is 38.3 Å². The molecule has 1 N–H and O–H groups in total. The van der Waals surface area contributed by atoms with Crippen LogP contribution in [0.5, 0.6) is 0 Å². The molecule has 1 heterocycles. The Morgan fingerprint density at radius 1 is 1.67 bits per heavy atom. The first-order valence-corrected chi connectivity index (χ1v) is 5.26. The first kappa shape index (κ1) is 12.4. The molecule has 5 heteroatoms. The van der Waals surface area contributed by atoms with Gasteiger partial charge in [0.05, 0.1) is 6.61 Å². The number of unbranched alkanes of at least 4 members (excludes halogenated alkanes) is 1. The average molecular weight is 221 g/mol. The molecule has 0 aromatic rings. The molecule has 0 aliphatic carbocycles. The monoisotopic (exact) mass is 221 g/mol. The van der Waals surface area contributed by atoms with Crippen molar-refractivity contribution in [2.45, 2.75) is 37.9 Å². The van der Waals surface area contributed by atoms with Crippen molar-refractivity contribution in [3.8, 4) is 0 Å². The van der Waals surface area contributed by atoms with E-state index in [0.717, 1.165) is 12.8 Å². The van der Waals surface area contributed by atoms with E-state index in [-0.39, 0.29) is 13.0 Å². The van der Waals surface area contributed by atoms with Gasteiger partial charge in [-0.25, -0.2) is 8.78 Å². The van der Waals surface area contributed by atoms with Gasteiger partial charge in [0.2, 0.25) is 0 Å². The fourth-order valence-corrected chi connectivity index (χ4v) is 1.50. The SMILES string of the molecule is CCCCOC(=O)[C@@H]1C[C@](F)(CF)CN1. The van der Waals surface area contributed by atoms with Crippen molar-refractivity contribution < 1.29 is 18.3 Å². The third-order valence-electron chi connectivity index (χ3n) is 2.50. The summed E-state index contributed by atoms with van der Waals surface area (Å²) in [4.78, 5) is 11.4. The summed E-state index contributed by atoms with van der Waals surface area (Å²) in [6.45, 7) is 1.16. The molecule has 1 fully saturated rings. The van der Waals surface area contributed by atoms with Crippen LogP contribution in [0.15, 0.2) is 0 Å². The Balaban J connectivity index is 2.30. The summed E-state index contributed by atoms with van der Waals surface area (Å²) in [5, 5.41) is 2.64. The molecule has 88 valence electrons. The van der Waals surface area contributed by atoms with Crippen LogP contribution in [-0.2, 0) is 9.53 Å². The summed E-state index contributed by atoms with van der Waals surface area (Å²) in [5.74, 6) is -0.476. The second-order valence-electron chi connectivity index (χ2n) is 3.94. The van der Waals surface area contributed by atoms with Crippen LogP contribution in [0, 0.1) is 0 Å². The van der Waals surface area contributed by atoms with Gasteiger partial charge in [0.1, 0.15) is 12.7 Å². The zero-order chi connectivity index (χ0) is 11.3. The van der Waals surface area contributed by atoms with E-state index in [9.17, 15) is 13.6 Å². The van der Waals surface area contributed by atoms with Crippen LogP contribution in [0.1, 0.15) is 26.2 Å². The Bertz CT molecular complexity index is 225.